The molecule has 2 fully saturated rings. The lowest BCUT2D eigenvalue weighted by Gasteiger charge is -2.21. The predicted octanol–water partition coefficient (Wildman–Crippen LogP) is 1.15. The third-order valence-electron chi connectivity index (χ3n) is 5.09. The van der Waals surface area contributed by atoms with Gasteiger partial charge < -0.3 is 4.42 Å². The summed E-state index contributed by atoms with van der Waals surface area (Å²) in [6.45, 7) is 0. The van der Waals surface area contributed by atoms with Crippen LogP contribution in [0.15, 0.2) is 24.9 Å². The monoisotopic (exact) mass is 288 g/mol. The van der Waals surface area contributed by atoms with Crippen LogP contribution in [-0.2, 0) is 6.42 Å². The maximum atomic E-state index is 12.0. The van der Waals surface area contributed by atoms with Gasteiger partial charge in [0.15, 0.2) is 0 Å². The molecule has 6 heteroatoms. The summed E-state index contributed by atoms with van der Waals surface area (Å²) in [6.07, 6.45) is 5.72. The molecule has 2 aromatic heterocycles. The second kappa shape index (κ2) is 4.44. The van der Waals surface area contributed by atoms with Gasteiger partial charge in [-0.15, -0.1) is 0 Å². The summed E-state index contributed by atoms with van der Waals surface area (Å²) in [5, 5.41) is 0.303. The minimum atomic E-state index is -0.660. The Morgan fingerprint density at radius 1 is 1.14 bits per heavy atom. The van der Waals surface area contributed by atoms with E-state index in [0.29, 0.717) is 29.2 Å². The number of hydrogen-bond donors (Lipinski definition) is 2. The van der Waals surface area contributed by atoms with Gasteiger partial charge in [0.2, 0.25) is 5.71 Å². The zero-order valence-corrected chi connectivity index (χ0v) is 11.5. The van der Waals surface area contributed by atoms with E-state index in [-0.39, 0.29) is 5.71 Å². The van der Waals surface area contributed by atoms with E-state index in [2.05, 4.69) is 9.97 Å². The highest BCUT2D eigenvalue weighted by atomic mass is 16.4. The number of aromatic nitrogens is 2. The average molecular weight is 288 g/mol. The van der Waals surface area contributed by atoms with Crippen LogP contribution in [0, 0.1) is 17.8 Å². The molecule has 0 spiro atoms. The van der Waals surface area contributed by atoms with Gasteiger partial charge in [0.25, 0.3) is 5.56 Å². The molecule has 6 nitrogen and oxygen atoms in total. The second-order valence-electron chi connectivity index (χ2n) is 6.34. The van der Waals surface area contributed by atoms with Crippen LogP contribution in [0.1, 0.15) is 31.2 Å². The Kier molecular flexibility index (Phi) is 2.67. The van der Waals surface area contributed by atoms with Crippen molar-refractivity contribution in [3.05, 3.63) is 42.9 Å². The lowest BCUT2D eigenvalue weighted by atomic mass is 9.84. The first-order valence-electron chi connectivity index (χ1n) is 7.39. The molecule has 0 amide bonds. The highest BCUT2D eigenvalue weighted by Gasteiger charge is 2.39. The number of hydrogen-bond acceptors (Lipinski definition) is 4. The van der Waals surface area contributed by atoms with Crippen molar-refractivity contribution >= 4 is 11.1 Å². The molecule has 21 heavy (non-hydrogen) atoms. The lowest BCUT2D eigenvalue weighted by molar-refractivity contribution is 0.331. The van der Waals surface area contributed by atoms with Crippen LogP contribution in [0.25, 0.3) is 11.1 Å². The molecule has 0 saturated heterocycles. The van der Waals surface area contributed by atoms with Crippen molar-refractivity contribution < 1.29 is 4.42 Å². The van der Waals surface area contributed by atoms with Gasteiger partial charge in [-0.05, 0) is 49.0 Å². The van der Waals surface area contributed by atoms with Crippen LogP contribution >= 0.6 is 0 Å². The molecule has 2 aliphatic rings. The maximum Gasteiger partial charge on any atom is 0.337 e. The highest BCUT2D eigenvalue weighted by Crippen LogP contribution is 2.49. The maximum absolute atomic E-state index is 12.0. The standard InChI is InChI=1S/C15H16N2O4/c18-11-6-10(5-9-4-7-1-2-8(9)3-7)12-13(19)16-15(20)17-14(12)21-11/h6-9H,1-5H2,(H2,16,17,19,20)/t7-,8+,9?/m0/s1. The Labute approximate surface area is 119 Å². The average Bonchev–Trinajstić information content (AvgIpc) is 2.99. The van der Waals surface area contributed by atoms with E-state index in [0.717, 1.165) is 5.92 Å². The number of H-pyrrole nitrogens is 2. The molecule has 2 N–H and O–H groups in total. The van der Waals surface area contributed by atoms with E-state index in [1.807, 2.05) is 0 Å². The molecular weight excluding hydrogens is 272 g/mol. The lowest BCUT2D eigenvalue weighted by Crippen LogP contribution is -2.25. The Hall–Kier alpha value is -2.11. The molecule has 0 aromatic carbocycles. The number of rotatable bonds is 2. The van der Waals surface area contributed by atoms with E-state index in [1.54, 1.807) is 0 Å². The number of aromatic amines is 2. The third kappa shape index (κ3) is 2.05. The van der Waals surface area contributed by atoms with Gasteiger partial charge in [-0.1, -0.05) is 6.42 Å². The van der Waals surface area contributed by atoms with E-state index < -0.39 is 16.9 Å². The molecule has 2 bridgehead atoms. The van der Waals surface area contributed by atoms with Crippen molar-refractivity contribution in [2.24, 2.45) is 17.8 Å². The smallest absolute Gasteiger partial charge is 0.337 e. The first kappa shape index (κ1) is 12.6. The first-order valence-corrected chi connectivity index (χ1v) is 7.39. The van der Waals surface area contributed by atoms with Gasteiger partial charge in [0, 0.05) is 6.07 Å². The molecule has 2 heterocycles. The molecule has 2 saturated carbocycles. The number of fused-ring (bicyclic) bond motifs is 3. The molecule has 4 rings (SSSR count). The van der Waals surface area contributed by atoms with Crippen molar-refractivity contribution in [1.29, 1.82) is 0 Å². The minimum Gasteiger partial charge on any atom is -0.405 e. The van der Waals surface area contributed by atoms with Crippen LogP contribution < -0.4 is 16.9 Å². The summed E-state index contributed by atoms with van der Waals surface area (Å²) in [7, 11) is 0. The van der Waals surface area contributed by atoms with E-state index >= 15 is 0 Å². The molecule has 1 unspecified atom stereocenters. The minimum absolute atomic E-state index is 0.0191. The molecule has 3 atom stereocenters. The van der Waals surface area contributed by atoms with Gasteiger partial charge in [-0.25, -0.2) is 9.59 Å². The summed E-state index contributed by atoms with van der Waals surface area (Å²) in [4.78, 5) is 39.6. The van der Waals surface area contributed by atoms with E-state index in [9.17, 15) is 14.4 Å². The third-order valence-corrected chi connectivity index (χ3v) is 5.09. The van der Waals surface area contributed by atoms with E-state index in [1.165, 1.54) is 31.7 Å². The molecule has 0 radical (unpaired) electrons. The van der Waals surface area contributed by atoms with Crippen LogP contribution in [0.2, 0.25) is 0 Å². The van der Waals surface area contributed by atoms with Crippen molar-refractivity contribution in [3.63, 3.8) is 0 Å². The fraction of sp³-hybridized carbons (Fsp3) is 0.533. The first-order chi connectivity index (χ1) is 10.1. The molecule has 2 aromatic rings. The zero-order chi connectivity index (χ0) is 14.6. The second-order valence-corrected chi connectivity index (χ2v) is 6.34. The van der Waals surface area contributed by atoms with Crippen LogP contribution in [0.5, 0.6) is 0 Å². The van der Waals surface area contributed by atoms with Crippen LogP contribution in [-0.4, -0.2) is 9.97 Å². The Balaban J connectivity index is 1.83. The topological polar surface area (TPSA) is 95.9 Å². The summed E-state index contributed by atoms with van der Waals surface area (Å²) in [5.41, 5.74) is -1.00. The van der Waals surface area contributed by atoms with Crippen molar-refractivity contribution in [2.45, 2.75) is 32.1 Å². The summed E-state index contributed by atoms with van der Waals surface area (Å²) in [5.74, 6) is 2.05. The van der Waals surface area contributed by atoms with Crippen molar-refractivity contribution in [1.82, 2.24) is 9.97 Å². The van der Waals surface area contributed by atoms with Crippen LogP contribution in [0.3, 0.4) is 0 Å². The Morgan fingerprint density at radius 3 is 2.71 bits per heavy atom. The summed E-state index contributed by atoms with van der Waals surface area (Å²) < 4.78 is 4.96. The molecular formula is C15H16N2O4. The summed E-state index contributed by atoms with van der Waals surface area (Å²) >= 11 is 0. The van der Waals surface area contributed by atoms with Gasteiger partial charge in [0.05, 0.1) is 0 Å². The summed E-state index contributed by atoms with van der Waals surface area (Å²) in [6, 6.07) is 1.39. The van der Waals surface area contributed by atoms with Crippen LogP contribution in [0.4, 0.5) is 0 Å². The zero-order valence-electron chi connectivity index (χ0n) is 11.5. The van der Waals surface area contributed by atoms with Crippen molar-refractivity contribution in [2.75, 3.05) is 0 Å². The fourth-order valence-corrected chi connectivity index (χ4v) is 4.25. The van der Waals surface area contributed by atoms with Gasteiger partial charge in [-0.2, -0.15) is 0 Å². The molecule has 2 aliphatic carbocycles. The van der Waals surface area contributed by atoms with Gasteiger partial charge >= 0.3 is 11.3 Å². The van der Waals surface area contributed by atoms with Crippen molar-refractivity contribution in [3.8, 4) is 0 Å². The fourth-order valence-electron chi connectivity index (χ4n) is 4.25. The van der Waals surface area contributed by atoms with Gasteiger partial charge in [-0.3, -0.25) is 14.8 Å². The Morgan fingerprint density at radius 2 is 2.00 bits per heavy atom. The van der Waals surface area contributed by atoms with E-state index in [4.69, 9.17) is 4.42 Å². The Bertz CT molecular complexity index is 870. The van der Waals surface area contributed by atoms with Gasteiger partial charge in [0.1, 0.15) is 5.39 Å². The number of nitrogens with one attached hydrogen (secondary N) is 2. The largest absolute Gasteiger partial charge is 0.405 e. The molecule has 0 aliphatic heterocycles. The molecule has 110 valence electrons. The SMILES string of the molecule is O=c1[nH]c(=O)c2c(CC3C[C@H]4CC[C@@H]3C4)cc(=O)oc2[nH]1. The normalized spacial score (nSPS) is 27.5. The quantitative estimate of drug-likeness (QED) is 0.866. The highest BCUT2D eigenvalue weighted by molar-refractivity contribution is 5.75. The predicted molar refractivity (Wildman–Crippen MR) is 76.4 cm³/mol.